The van der Waals surface area contributed by atoms with Crippen molar-refractivity contribution in [1.29, 1.82) is 0 Å². The van der Waals surface area contributed by atoms with Crippen molar-refractivity contribution < 1.29 is 14.3 Å². The molecule has 0 spiro atoms. The second kappa shape index (κ2) is 7.54. The van der Waals surface area contributed by atoms with E-state index in [0.29, 0.717) is 13.0 Å². The second-order valence-electron chi connectivity index (χ2n) is 7.48. The Morgan fingerprint density at radius 1 is 1.11 bits per heavy atom. The molecule has 0 aliphatic carbocycles. The molecule has 4 rings (SSSR count). The number of rotatable bonds is 3. The van der Waals surface area contributed by atoms with Gasteiger partial charge in [0, 0.05) is 31.6 Å². The largest absolute Gasteiger partial charge is 0.497 e. The minimum Gasteiger partial charge on any atom is -0.497 e. The van der Waals surface area contributed by atoms with Gasteiger partial charge in [0.1, 0.15) is 5.75 Å². The monoisotopic (exact) mass is 379 g/mol. The van der Waals surface area contributed by atoms with Crippen LogP contribution in [-0.2, 0) is 4.79 Å². The highest BCUT2D eigenvalue weighted by molar-refractivity contribution is 5.95. The van der Waals surface area contributed by atoms with Gasteiger partial charge in [0.15, 0.2) is 0 Å². The third-order valence-electron chi connectivity index (χ3n) is 5.72. The van der Waals surface area contributed by atoms with Crippen LogP contribution in [0.15, 0.2) is 48.5 Å². The molecular formula is C22H25N3O3. The number of likely N-dealkylation sites (tertiary alicyclic amines) is 1. The van der Waals surface area contributed by atoms with Crippen molar-refractivity contribution in [2.75, 3.05) is 26.0 Å². The van der Waals surface area contributed by atoms with E-state index in [4.69, 9.17) is 4.74 Å². The molecule has 2 atom stereocenters. The molecule has 0 aromatic heterocycles. The summed E-state index contributed by atoms with van der Waals surface area (Å²) in [5.74, 6) is 0.882. The van der Waals surface area contributed by atoms with E-state index in [1.54, 1.807) is 12.0 Å². The van der Waals surface area contributed by atoms with Crippen LogP contribution >= 0.6 is 0 Å². The number of carbonyl (C=O) groups excluding carboxylic acids is 2. The number of hydrogen-bond donors (Lipinski definition) is 1. The van der Waals surface area contributed by atoms with Gasteiger partial charge in [0.05, 0.1) is 18.8 Å². The van der Waals surface area contributed by atoms with Gasteiger partial charge in [-0.25, -0.2) is 4.79 Å². The summed E-state index contributed by atoms with van der Waals surface area (Å²) in [6.45, 7) is 0.598. The summed E-state index contributed by atoms with van der Waals surface area (Å²) in [5, 5.41) is 3.09. The van der Waals surface area contributed by atoms with Gasteiger partial charge in [0.25, 0.3) is 0 Å². The number of ether oxygens (including phenoxy) is 1. The maximum absolute atomic E-state index is 13.2. The van der Waals surface area contributed by atoms with Crippen molar-refractivity contribution in [2.45, 2.75) is 31.3 Å². The zero-order valence-corrected chi connectivity index (χ0v) is 16.2. The Labute approximate surface area is 165 Å². The van der Waals surface area contributed by atoms with Gasteiger partial charge in [-0.05, 0) is 36.6 Å². The second-order valence-corrected chi connectivity index (χ2v) is 7.48. The first-order chi connectivity index (χ1) is 13.6. The molecule has 146 valence electrons. The van der Waals surface area contributed by atoms with Crippen LogP contribution in [0.2, 0.25) is 0 Å². The lowest BCUT2D eigenvalue weighted by atomic mass is 10.0. The van der Waals surface area contributed by atoms with Gasteiger partial charge in [-0.15, -0.1) is 0 Å². The van der Waals surface area contributed by atoms with E-state index >= 15 is 0 Å². The van der Waals surface area contributed by atoms with E-state index in [1.807, 2.05) is 60.5 Å². The van der Waals surface area contributed by atoms with Crippen LogP contribution < -0.4 is 10.1 Å². The summed E-state index contributed by atoms with van der Waals surface area (Å²) in [4.78, 5) is 29.0. The Kier molecular flexibility index (Phi) is 4.94. The summed E-state index contributed by atoms with van der Waals surface area (Å²) >= 11 is 0. The molecule has 0 saturated carbocycles. The van der Waals surface area contributed by atoms with Gasteiger partial charge in [0.2, 0.25) is 5.91 Å². The fourth-order valence-electron chi connectivity index (χ4n) is 4.26. The van der Waals surface area contributed by atoms with Crippen molar-refractivity contribution in [3.63, 3.8) is 0 Å². The molecule has 6 heteroatoms. The SMILES string of the molecule is COc1cccc(-c2ccccc2NC(=O)N2C3CCC2CN(C)C(=O)C3)c1. The third kappa shape index (κ3) is 3.42. The lowest BCUT2D eigenvalue weighted by Gasteiger charge is -2.28. The molecule has 2 aliphatic rings. The molecule has 3 amide bonds. The number of carbonyl (C=O) groups is 2. The van der Waals surface area contributed by atoms with Crippen LogP contribution in [0.1, 0.15) is 19.3 Å². The molecule has 0 radical (unpaired) electrons. The normalized spacial score (nSPS) is 21.4. The average molecular weight is 379 g/mol. The molecule has 2 aliphatic heterocycles. The summed E-state index contributed by atoms with van der Waals surface area (Å²) in [6, 6.07) is 15.5. The zero-order valence-electron chi connectivity index (χ0n) is 16.2. The molecule has 2 aromatic rings. The fourth-order valence-corrected chi connectivity index (χ4v) is 4.26. The quantitative estimate of drug-likeness (QED) is 0.887. The average Bonchev–Trinajstić information content (AvgIpc) is 3.04. The van der Waals surface area contributed by atoms with Crippen molar-refractivity contribution in [3.05, 3.63) is 48.5 Å². The van der Waals surface area contributed by atoms with Crippen LogP contribution in [-0.4, -0.2) is 54.5 Å². The number of likely N-dealkylation sites (N-methyl/N-ethyl adjacent to an activating group) is 1. The maximum atomic E-state index is 13.2. The van der Waals surface area contributed by atoms with Crippen LogP contribution in [0.5, 0.6) is 5.75 Å². The smallest absolute Gasteiger partial charge is 0.322 e. The maximum Gasteiger partial charge on any atom is 0.322 e. The van der Waals surface area contributed by atoms with E-state index in [-0.39, 0.29) is 24.0 Å². The molecule has 2 unspecified atom stereocenters. The highest BCUT2D eigenvalue weighted by Crippen LogP contribution is 2.33. The predicted molar refractivity (Wildman–Crippen MR) is 108 cm³/mol. The van der Waals surface area contributed by atoms with Crippen LogP contribution in [0.25, 0.3) is 11.1 Å². The lowest BCUT2D eigenvalue weighted by Crippen LogP contribution is -2.45. The molecule has 2 aromatic carbocycles. The van der Waals surface area contributed by atoms with E-state index in [1.165, 1.54) is 0 Å². The van der Waals surface area contributed by atoms with Crippen molar-refractivity contribution in [2.24, 2.45) is 0 Å². The summed E-state index contributed by atoms with van der Waals surface area (Å²) in [6.07, 6.45) is 2.22. The standard InChI is InChI=1S/C22H25N3O3/c1-24-14-17-11-10-16(13-21(24)26)25(17)22(27)23-20-9-4-3-8-19(20)15-6-5-7-18(12-15)28-2/h3-9,12,16-17H,10-11,13-14H2,1-2H3,(H,23,27). The third-order valence-corrected chi connectivity index (χ3v) is 5.72. The molecule has 6 nitrogen and oxygen atoms in total. The number of hydrogen-bond acceptors (Lipinski definition) is 3. The summed E-state index contributed by atoms with van der Waals surface area (Å²) < 4.78 is 5.33. The minimum atomic E-state index is -0.133. The van der Waals surface area contributed by atoms with Gasteiger partial charge in [-0.1, -0.05) is 30.3 Å². The Bertz CT molecular complexity index is 898. The van der Waals surface area contributed by atoms with E-state index < -0.39 is 0 Å². The fraction of sp³-hybridized carbons (Fsp3) is 0.364. The topological polar surface area (TPSA) is 61.9 Å². The van der Waals surface area contributed by atoms with Gasteiger partial charge in [-0.3, -0.25) is 4.79 Å². The van der Waals surface area contributed by atoms with E-state index in [0.717, 1.165) is 35.4 Å². The lowest BCUT2D eigenvalue weighted by molar-refractivity contribution is -0.130. The van der Waals surface area contributed by atoms with Crippen molar-refractivity contribution >= 4 is 17.6 Å². The van der Waals surface area contributed by atoms with E-state index in [2.05, 4.69) is 5.32 Å². The number of benzene rings is 2. The van der Waals surface area contributed by atoms with Gasteiger partial charge >= 0.3 is 6.03 Å². The molecule has 2 saturated heterocycles. The first kappa shape index (κ1) is 18.3. The Morgan fingerprint density at radius 3 is 2.71 bits per heavy atom. The van der Waals surface area contributed by atoms with Crippen LogP contribution in [0.4, 0.5) is 10.5 Å². The number of nitrogens with one attached hydrogen (secondary N) is 1. The number of nitrogens with zero attached hydrogens (tertiary/aromatic N) is 2. The predicted octanol–water partition coefficient (Wildman–Crippen LogP) is 3.59. The number of para-hydroxylation sites is 1. The number of fused-ring (bicyclic) bond motifs is 2. The Balaban J connectivity index is 1.60. The number of urea groups is 1. The Hall–Kier alpha value is -3.02. The summed E-state index contributed by atoms with van der Waals surface area (Å²) in [7, 11) is 3.46. The van der Waals surface area contributed by atoms with Crippen LogP contribution in [0.3, 0.4) is 0 Å². The van der Waals surface area contributed by atoms with Crippen molar-refractivity contribution in [1.82, 2.24) is 9.80 Å². The number of anilines is 1. The molecule has 2 heterocycles. The van der Waals surface area contributed by atoms with Crippen LogP contribution in [0, 0.1) is 0 Å². The van der Waals surface area contributed by atoms with Gasteiger partial charge < -0.3 is 19.9 Å². The highest BCUT2D eigenvalue weighted by atomic mass is 16.5. The molecule has 2 fully saturated rings. The molecular weight excluding hydrogens is 354 g/mol. The summed E-state index contributed by atoms with van der Waals surface area (Å²) in [5.41, 5.74) is 2.66. The first-order valence-electron chi connectivity index (χ1n) is 9.63. The van der Waals surface area contributed by atoms with Crippen molar-refractivity contribution in [3.8, 4) is 16.9 Å². The number of methoxy groups -OCH3 is 1. The number of amides is 3. The highest BCUT2D eigenvalue weighted by Gasteiger charge is 2.42. The molecule has 1 N–H and O–H groups in total. The van der Waals surface area contributed by atoms with Gasteiger partial charge in [-0.2, -0.15) is 0 Å². The first-order valence-corrected chi connectivity index (χ1v) is 9.63. The van der Waals surface area contributed by atoms with E-state index in [9.17, 15) is 9.59 Å². The Morgan fingerprint density at radius 2 is 1.89 bits per heavy atom. The molecule has 2 bridgehead atoms. The minimum absolute atomic E-state index is 0.0218. The zero-order chi connectivity index (χ0) is 19.7. The molecule has 28 heavy (non-hydrogen) atoms.